The molecule has 0 saturated carbocycles. The van der Waals surface area contributed by atoms with Crippen LogP contribution in [0.1, 0.15) is 58.2 Å². The number of phenols is 1. The second-order valence-corrected chi connectivity index (χ2v) is 9.03. The van der Waals surface area contributed by atoms with Gasteiger partial charge in [-0.25, -0.2) is 0 Å². The van der Waals surface area contributed by atoms with Gasteiger partial charge < -0.3 is 10.3 Å². The lowest BCUT2D eigenvalue weighted by Crippen LogP contribution is -2.18. The molecule has 3 aromatic rings. The first-order valence-electron chi connectivity index (χ1n) is 9.10. The van der Waals surface area contributed by atoms with Gasteiger partial charge in [-0.1, -0.05) is 53.7 Å². The van der Waals surface area contributed by atoms with Crippen LogP contribution >= 0.6 is 0 Å². The van der Waals surface area contributed by atoms with E-state index in [1.807, 2.05) is 59.7 Å². The summed E-state index contributed by atoms with van der Waals surface area (Å²) in [5, 5.41) is 31.8. The second kappa shape index (κ2) is 6.41. The molecule has 0 aliphatic carbocycles. The number of aromatic amines is 1. The molecule has 0 aliphatic heterocycles. The topological polar surface area (TPSA) is 75.0 Å². The van der Waals surface area contributed by atoms with Crippen molar-refractivity contribution >= 4 is 22.8 Å². The molecule has 3 rings (SSSR count). The average Bonchev–Trinajstić information content (AvgIpc) is 3.02. The fraction of sp³-hybridized carbons (Fsp3) is 0.364. The predicted molar refractivity (Wildman–Crippen MR) is 110 cm³/mol. The van der Waals surface area contributed by atoms with E-state index in [0.29, 0.717) is 5.69 Å². The molecule has 1 heterocycles. The number of nitrogens with one attached hydrogen (secondary N) is 1. The summed E-state index contributed by atoms with van der Waals surface area (Å²) in [7, 11) is 0. The van der Waals surface area contributed by atoms with Crippen LogP contribution < -0.4 is 0 Å². The number of hydrogen-bond donors (Lipinski definition) is 2. The highest BCUT2D eigenvalue weighted by Crippen LogP contribution is 2.41. The number of nitrogens with zero attached hydrogens (tertiary/aromatic N) is 2. The molecule has 0 radical (unpaired) electrons. The maximum absolute atomic E-state index is 13.0. The van der Waals surface area contributed by atoms with Gasteiger partial charge in [-0.15, -0.1) is 0 Å². The Labute approximate surface area is 159 Å². The number of aromatic nitrogens is 2. The first-order chi connectivity index (χ1) is 12.5. The Morgan fingerprint density at radius 1 is 1.04 bits per heavy atom. The van der Waals surface area contributed by atoms with Crippen molar-refractivity contribution in [1.29, 1.82) is 0 Å². The molecule has 2 aromatic carbocycles. The van der Waals surface area contributed by atoms with E-state index in [1.165, 1.54) is 0 Å². The maximum Gasteiger partial charge on any atom is 0.217 e. The average molecular weight is 365 g/mol. The number of rotatable bonds is 2. The van der Waals surface area contributed by atoms with Gasteiger partial charge >= 0.3 is 0 Å². The van der Waals surface area contributed by atoms with Crippen molar-refractivity contribution in [3.63, 3.8) is 0 Å². The molecule has 0 unspecified atom stereocenters. The highest BCUT2D eigenvalue weighted by Gasteiger charge is 2.28. The van der Waals surface area contributed by atoms with Crippen LogP contribution in [0.5, 0.6) is 5.75 Å². The monoisotopic (exact) mass is 365 g/mol. The van der Waals surface area contributed by atoms with E-state index in [4.69, 9.17) is 0 Å². The van der Waals surface area contributed by atoms with Gasteiger partial charge in [0, 0.05) is 28.6 Å². The van der Waals surface area contributed by atoms with Gasteiger partial charge in [0.05, 0.1) is 17.3 Å². The van der Waals surface area contributed by atoms with Gasteiger partial charge in [-0.05, 0) is 16.9 Å². The highest BCUT2D eigenvalue weighted by atomic mass is 16.5. The molecule has 1 aromatic heterocycles. The standard InChI is InChI=1S/C22H27N3O2/c1-21(2,3)17-10-16(11-18(20(17)26)22(4,5)6)25(27)13-15-9-7-8-14-12-23-24-19(14)15/h7-13,26H,1-6H3,(H,23,24)/b25-13-. The van der Waals surface area contributed by atoms with Crippen LogP contribution in [-0.4, -0.2) is 26.3 Å². The van der Waals surface area contributed by atoms with Gasteiger partial charge in [0.15, 0.2) is 6.21 Å². The Bertz CT molecular complexity index is 983. The summed E-state index contributed by atoms with van der Waals surface area (Å²) in [6.45, 7) is 12.2. The molecular weight excluding hydrogens is 338 g/mol. The summed E-state index contributed by atoms with van der Waals surface area (Å²) < 4.78 is 0.861. The van der Waals surface area contributed by atoms with E-state index in [1.54, 1.807) is 24.5 Å². The Balaban J connectivity index is 2.20. The van der Waals surface area contributed by atoms with E-state index >= 15 is 0 Å². The largest absolute Gasteiger partial charge is 0.618 e. The summed E-state index contributed by atoms with van der Waals surface area (Å²) in [6.07, 6.45) is 3.28. The Kier molecular flexibility index (Phi) is 4.50. The van der Waals surface area contributed by atoms with Crippen molar-refractivity contribution in [2.75, 3.05) is 0 Å². The van der Waals surface area contributed by atoms with Gasteiger partial charge in [-0.2, -0.15) is 9.84 Å². The third-order valence-electron chi connectivity index (χ3n) is 4.73. The minimum Gasteiger partial charge on any atom is -0.618 e. The Hall–Kier alpha value is -2.82. The molecule has 0 atom stereocenters. The first kappa shape index (κ1) is 19.0. The zero-order valence-corrected chi connectivity index (χ0v) is 16.8. The molecule has 0 fully saturated rings. The predicted octanol–water partition coefficient (Wildman–Crippen LogP) is 5.12. The van der Waals surface area contributed by atoms with Crippen LogP contribution in [-0.2, 0) is 10.8 Å². The van der Waals surface area contributed by atoms with Crippen LogP contribution in [0.4, 0.5) is 5.69 Å². The summed E-state index contributed by atoms with van der Waals surface area (Å²) in [6, 6.07) is 9.28. The second-order valence-electron chi connectivity index (χ2n) is 9.03. The zero-order chi connectivity index (χ0) is 20.0. The van der Waals surface area contributed by atoms with E-state index in [9.17, 15) is 10.3 Å². The van der Waals surface area contributed by atoms with Crippen LogP contribution in [0.25, 0.3) is 10.9 Å². The number of para-hydroxylation sites is 1. The third-order valence-corrected chi connectivity index (χ3v) is 4.73. The maximum atomic E-state index is 13.0. The normalized spacial score (nSPS) is 13.3. The van der Waals surface area contributed by atoms with E-state index in [2.05, 4.69) is 10.2 Å². The fourth-order valence-corrected chi connectivity index (χ4v) is 3.19. The Morgan fingerprint density at radius 3 is 2.19 bits per heavy atom. The number of phenolic OH excluding ortho intramolecular Hbond substituents is 1. The molecule has 27 heavy (non-hydrogen) atoms. The molecule has 0 spiro atoms. The van der Waals surface area contributed by atoms with Crippen molar-refractivity contribution in [1.82, 2.24) is 10.2 Å². The molecule has 5 heteroatoms. The van der Waals surface area contributed by atoms with Gasteiger partial charge in [0.25, 0.3) is 0 Å². The lowest BCUT2D eigenvalue weighted by Gasteiger charge is -2.27. The lowest BCUT2D eigenvalue weighted by atomic mass is 9.79. The summed E-state index contributed by atoms with van der Waals surface area (Å²) in [5.74, 6) is 0.266. The molecule has 0 saturated heterocycles. The number of fused-ring (bicyclic) bond motifs is 1. The number of benzene rings is 2. The first-order valence-corrected chi connectivity index (χ1v) is 9.10. The Morgan fingerprint density at radius 2 is 1.63 bits per heavy atom. The summed E-state index contributed by atoms with van der Waals surface area (Å²) >= 11 is 0. The number of aromatic hydroxyl groups is 1. The van der Waals surface area contributed by atoms with Crippen molar-refractivity contribution in [2.24, 2.45) is 0 Å². The number of H-pyrrole nitrogens is 1. The van der Waals surface area contributed by atoms with Crippen molar-refractivity contribution in [2.45, 2.75) is 52.4 Å². The molecule has 2 N–H and O–H groups in total. The lowest BCUT2D eigenvalue weighted by molar-refractivity contribution is -0.354. The van der Waals surface area contributed by atoms with Crippen molar-refractivity contribution in [3.8, 4) is 5.75 Å². The molecular formula is C22H27N3O2. The van der Waals surface area contributed by atoms with E-state index < -0.39 is 0 Å². The van der Waals surface area contributed by atoms with Crippen LogP contribution in [0, 0.1) is 5.21 Å². The minimum absolute atomic E-state index is 0.266. The van der Waals surface area contributed by atoms with E-state index in [-0.39, 0.29) is 16.6 Å². The van der Waals surface area contributed by atoms with Crippen LogP contribution in [0.15, 0.2) is 36.5 Å². The quantitative estimate of drug-likeness (QED) is 0.286. The highest BCUT2D eigenvalue weighted by molar-refractivity contribution is 5.95. The summed E-state index contributed by atoms with van der Waals surface area (Å²) in [4.78, 5) is 0. The van der Waals surface area contributed by atoms with Crippen LogP contribution in [0.2, 0.25) is 0 Å². The van der Waals surface area contributed by atoms with E-state index in [0.717, 1.165) is 32.3 Å². The van der Waals surface area contributed by atoms with Gasteiger partial charge in [0.1, 0.15) is 5.75 Å². The van der Waals surface area contributed by atoms with Crippen molar-refractivity contribution in [3.05, 3.63) is 58.4 Å². The fourth-order valence-electron chi connectivity index (χ4n) is 3.19. The van der Waals surface area contributed by atoms with Gasteiger partial charge in [-0.3, -0.25) is 5.10 Å². The SMILES string of the molecule is CC(C)(C)c1cc(/[N+]([O-])=C/c2cccc3cn[nH]c23)cc(C(C)(C)C)c1O. The summed E-state index contributed by atoms with van der Waals surface area (Å²) in [5.41, 5.74) is 3.04. The zero-order valence-electron chi connectivity index (χ0n) is 16.8. The molecule has 0 aliphatic rings. The molecule has 5 nitrogen and oxygen atoms in total. The van der Waals surface area contributed by atoms with Crippen molar-refractivity contribution < 1.29 is 9.85 Å². The smallest absolute Gasteiger partial charge is 0.217 e. The van der Waals surface area contributed by atoms with Crippen LogP contribution in [0.3, 0.4) is 0 Å². The third kappa shape index (κ3) is 3.68. The number of hydrogen-bond acceptors (Lipinski definition) is 3. The molecule has 142 valence electrons. The minimum atomic E-state index is -0.287. The molecule has 0 amide bonds. The van der Waals surface area contributed by atoms with Gasteiger partial charge in [0.2, 0.25) is 5.69 Å². The molecule has 0 bridgehead atoms.